The van der Waals surface area contributed by atoms with Crippen molar-refractivity contribution in [2.75, 3.05) is 18.0 Å². The molecule has 128 valence electrons. The average molecular weight is 333 g/mol. The highest BCUT2D eigenvalue weighted by Gasteiger charge is 2.33. The van der Waals surface area contributed by atoms with Crippen LogP contribution in [0.15, 0.2) is 30.3 Å². The molecule has 2 aliphatic rings. The third-order valence-corrected chi connectivity index (χ3v) is 5.17. The fraction of sp³-hybridized carbons (Fsp3) is 0.429. The standard InChI is InChI=1S/C21H23N3O/c1-21(2)12-16-17(13-22)20(24-10-6-7-11-24)23-19(18(16)14-25-21)15-8-4-3-5-9-15/h3-5,8-9H,6-7,10-12,14H2,1-2H3. The molecule has 1 fully saturated rings. The molecule has 0 radical (unpaired) electrons. The first-order chi connectivity index (χ1) is 12.1. The molecule has 4 rings (SSSR count). The van der Waals surface area contributed by atoms with E-state index in [0.29, 0.717) is 6.61 Å². The van der Waals surface area contributed by atoms with Crippen LogP contribution < -0.4 is 4.90 Å². The summed E-state index contributed by atoms with van der Waals surface area (Å²) in [4.78, 5) is 7.25. The normalized spacial score (nSPS) is 18.7. The summed E-state index contributed by atoms with van der Waals surface area (Å²) in [6, 6.07) is 12.7. The average Bonchev–Trinajstić information content (AvgIpc) is 3.14. The molecule has 1 aromatic carbocycles. The molecule has 1 saturated heterocycles. The zero-order valence-electron chi connectivity index (χ0n) is 14.9. The Bertz CT molecular complexity index is 830. The Labute approximate surface area is 149 Å². The third kappa shape index (κ3) is 2.89. The lowest BCUT2D eigenvalue weighted by atomic mass is 9.87. The second kappa shape index (κ2) is 6.16. The predicted octanol–water partition coefficient (Wildman–Crippen LogP) is 4.07. The molecule has 4 nitrogen and oxygen atoms in total. The van der Waals surface area contributed by atoms with Crippen molar-refractivity contribution in [1.82, 2.24) is 4.98 Å². The van der Waals surface area contributed by atoms with Crippen LogP contribution in [0.2, 0.25) is 0 Å². The molecule has 2 aliphatic heterocycles. The van der Waals surface area contributed by atoms with E-state index in [9.17, 15) is 5.26 Å². The van der Waals surface area contributed by atoms with E-state index in [1.807, 2.05) is 18.2 Å². The summed E-state index contributed by atoms with van der Waals surface area (Å²) in [5.41, 5.74) is 4.74. The van der Waals surface area contributed by atoms with E-state index >= 15 is 0 Å². The van der Waals surface area contributed by atoms with Crippen LogP contribution in [0.5, 0.6) is 0 Å². The topological polar surface area (TPSA) is 49.2 Å². The quantitative estimate of drug-likeness (QED) is 0.831. The summed E-state index contributed by atoms with van der Waals surface area (Å²) in [5.74, 6) is 0.857. The molecular formula is C21H23N3O. The highest BCUT2D eigenvalue weighted by Crippen LogP contribution is 2.39. The Hall–Kier alpha value is -2.38. The number of hydrogen-bond acceptors (Lipinski definition) is 4. The van der Waals surface area contributed by atoms with Gasteiger partial charge in [0.15, 0.2) is 0 Å². The molecule has 0 saturated carbocycles. The van der Waals surface area contributed by atoms with Crippen molar-refractivity contribution in [2.45, 2.75) is 45.3 Å². The lowest BCUT2D eigenvalue weighted by molar-refractivity contribution is -0.0400. The Morgan fingerprint density at radius 1 is 1.12 bits per heavy atom. The molecule has 2 aromatic rings. The molecule has 0 aliphatic carbocycles. The number of ether oxygens (including phenoxy) is 1. The van der Waals surface area contributed by atoms with E-state index in [2.05, 4.69) is 36.9 Å². The summed E-state index contributed by atoms with van der Waals surface area (Å²) in [6.45, 7) is 6.65. The van der Waals surface area contributed by atoms with Crippen LogP contribution in [-0.4, -0.2) is 23.7 Å². The number of aromatic nitrogens is 1. The molecule has 0 bridgehead atoms. The summed E-state index contributed by atoms with van der Waals surface area (Å²) in [7, 11) is 0. The number of hydrogen-bond donors (Lipinski definition) is 0. The Morgan fingerprint density at radius 2 is 1.84 bits per heavy atom. The van der Waals surface area contributed by atoms with E-state index in [1.54, 1.807) is 0 Å². The number of benzene rings is 1. The van der Waals surface area contributed by atoms with Crippen molar-refractivity contribution in [2.24, 2.45) is 0 Å². The smallest absolute Gasteiger partial charge is 0.147 e. The number of rotatable bonds is 2. The minimum Gasteiger partial charge on any atom is -0.370 e. The van der Waals surface area contributed by atoms with Gasteiger partial charge in [0.2, 0.25) is 0 Å². The van der Waals surface area contributed by atoms with Crippen LogP contribution >= 0.6 is 0 Å². The number of nitrogens with zero attached hydrogens (tertiary/aromatic N) is 3. The highest BCUT2D eigenvalue weighted by atomic mass is 16.5. The molecule has 3 heterocycles. The van der Waals surface area contributed by atoms with E-state index in [0.717, 1.165) is 53.3 Å². The Balaban J connectivity index is 1.96. The summed E-state index contributed by atoms with van der Waals surface area (Å²) in [6.07, 6.45) is 3.08. The molecule has 0 atom stereocenters. The van der Waals surface area contributed by atoms with Gasteiger partial charge in [0, 0.05) is 30.6 Å². The molecule has 0 N–H and O–H groups in total. The van der Waals surface area contributed by atoms with Gasteiger partial charge in [-0.25, -0.2) is 4.98 Å². The lowest BCUT2D eigenvalue weighted by Gasteiger charge is -2.34. The van der Waals surface area contributed by atoms with Crippen LogP contribution in [0, 0.1) is 11.3 Å². The van der Waals surface area contributed by atoms with Crippen LogP contribution in [0.4, 0.5) is 5.82 Å². The van der Waals surface area contributed by atoms with Gasteiger partial charge in [0.25, 0.3) is 0 Å². The van der Waals surface area contributed by atoms with Gasteiger partial charge < -0.3 is 9.64 Å². The van der Waals surface area contributed by atoms with Crippen LogP contribution in [0.25, 0.3) is 11.3 Å². The summed E-state index contributed by atoms with van der Waals surface area (Å²) in [5, 5.41) is 9.91. The van der Waals surface area contributed by atoms with Crippen LogP contribution in [0.3, 0.4) is 0 Å². The zero-order valence-corrected chi connectivity index (χ0v) is 14.9. The minimum atomic E-state index is -0.254. The molecular weight excluding hydrogens is 310 g/mol. The van der Waals surface area contributed by atoms with E-state index in [1.165, 1.54) is 12.8 Å². The van der Waals surface area contributed by atoms with Crippen molar-refractivity contribution in [3.63, 3.8) is 0 Å². The highest BCUT2D eigenvalue weighted by molar-refractivity contribution is 5.72. The first kappa shape index (κ1) is 16.1. The number of fused-ring (bicyclic) bond motifs is 1. The zero-order chi connectivity index (χ0) is 17.4. The van der Waals surface area contributed by atoms with Crippen molar-refractivity contribution >= 4 is 5.82 Å². The Morgan fingerprint density at radius 3 is 2.52 bits per heavy atom. The fourth-order valence-corrected chi connectivity index (χ4v) is 3.86. The van der Waals surface area contributed by atoms with Crippen LogP contribution in [-0.2, 0) is 17.8 Å². The molecule has 1 aromatic heterocycles. The van der Waals surface area contributed by atoms with Gasteiger partial charge in [-0.05, 0) is 32.3 Å². The third-order valence-electron chi connectivity index (χ3n) is 5.17. The largest absolute Gasteiger partial charge is 0.370 e. The van der Waals surface area contributed by atoms with Gasteiger partial charge in [-0.1, -0.05) is 30.3 Å². The number of nitriles is 1. The van der Waals surface area contributed by atoms with E-state index in [-0.39, 0.29) is 5.60 Å². The van der Waals surface area contributed by atoms with Crippen molar-refractivity contribution < 1.29 is 4.74 Å². The first-order valence-electron chi connectivity index (χ1n) is 8.99. The van der Waals surface area contributed by atoms with Gasteiger partial charge in [0.1, 0.15) is 11.9 Å². The van der Waals surface area contributed by atoms with E-state index in [4.69, 9.17) is 9.72 Å². The second-order valence-electron chi connectivity index (χ2n) is 7.51. The molecule has 25 heavy (non-hydrogen) atoms. The molecule has 0 spiro atoms. The lowest BCUT2D eigenvalue weighted by Crippen LogP contribution is -2.34. The molecule has 0 amide bonds. The van der Waals surface area contributed by atoms with Gasteiger partial charge in [-0.2, -0.15) is 5.26 Å². The van der Waals surface area contributed by atoms with E-state index < -0.39 is 0 Å². The minimum absolute atomic E-state index is 0.254. The van der Waals surface area contributed by atoms with Gasteiger partial charge in [0.05, 0.1) is 23.5 Å². The second-order valence-corrected chi connectivity index (χ2v) is 7.51. The predicted molar refractivity (Wildman–Crippen MR) is 98.4 cm³/mol. The van der Waals surface area contributed by atoms with Crippen LogP contribution in [0.1, 0.15) is 43.4 Å². The van der Waals surface area contributed by atoms with Gasteiger partial charge in [-0.15, -0.1) is 0 Å². The van der Waals surface area contributed by atoms with Gasteiger partial charge >= 0.3 is 0 Å². The maximum absolute atomic E-state index is 9.91. The first-order valence-corrected chi connectivity index (χ1v) is 8.99. The van der Waals surface area contributed by atoms with Gasteiger partial charge in [-0.3, -0.25) is 0 Å². The van der Waals surface area contributed by atoms with Crippen molar-refractivity contribution in [3.8, 4) is 17.3 Å². The monoisotopic (exact) mass is 333 g/mol. The maximum Gasteiger partial charge on any atom is 0.147 e. The molecule has 0 unspecified atom stereocenters. The molecule has 4 heteroatoms. The summed E-state index contributed by atoms with van der Waals surface area (Å²) < 4.78 is 6.06. The Kier molecular flexibility index (Phi) is 3.97. The van der Waals surface area contributed by atoms with Crippen molar-refractivity contribution in [1.29, 1.82) is 5.26 Å². The SMILES string of the molecule is CC1(C)Cc2c(C#N)c(N3CCCC3)nc(-c3ccccc3)c2CO1. The summed E-state index contributed by atoms with van der Waals surface area (Å²) >= 11 is 0. The number of anilines is 1. The number of pyridine rings is 1. The maximum atomic E-state index is 9.91. The van der Waals surface area contributed by atoms with Crippen molar-refractivity contribution in [3.05, 3.63) is 47.0 Å². The fourth-order valence-electron chi connectivity index (χ4n) is 3.86.